The summed E-state index contributed by atoms with van der Waals surface area (Å²) >= 11 is 6.28. The van der Waals surface area contributed by atoms with Crippen LogP contribution in [0, 0.1) is 0 Å². The van der Waals surface area contributed by atoms with Gasteiger partial charge in [-0.15, -0.1) is 0 Å². The molecular formula is C14H17ClN4. The maximum Gasteiger partial charge on any atom is 0.172 e. The summed E-state index contributed by atoms with van der Waals surface area (Å²) < 4.78 is 0. The maximum atomic E-state index is 6.28. The number of benzene rings is 1. The van der Waals surface area contributed by atoms with E-state index in [1.165, 1.54) is 0 Å². The van der Waals surface area contributed by atoms with Crippen LogP contribution in [0.2, 0.25) is 5.15 Å². The van der Waals surface area contributed by atoms with Gasteiger partial charge in [0.25, 0.3) is 0 Å². The molecule has 1 fully saturated rings. The number of rotatable bonds is 2. The second kappa shape index (κ2) is 5.31. The highest BCUT2D eigenvalue weighted by Crippen LogP contribution is 2.26. The van der Waals surface area contributed by atoms with Crippen LogP contribution in [0.3, 0.4) is 0 Å². The van der Waals surface area contributed by atoms with Gasteiger partial charge in [-0.25, -0.2) is 9.97 Å². The molecule has 100 valence electrons. The van der Waals surface area contributed by atoms with Crippen molar-refractivity contribution in [1.82, 2.24) is 15.3 Å². The monoisotopic (exact) mass is 276 g/mol. The minimum atomic E-state index is 0.501. The third-order valence-electron chi connectivity index (χ3n) is 3.71. The summed E-state index contributed by atoms with van der Waals surface area (Å²) in [4.78, 5) is 11.3. The quantitative estimate of drug-likeness (QED) is 0.915. The van der Waals surface area contributed by atoms with Gasteiger partial charge in [-0.05, 0) is 32.0 Å². The van der Waals surface area contributed by atoms with Crippen molar-refractivity contribution >= 4 is 28.5 Å². The number of hydrogen-bond donors (Lipinski definition) is 1. The van der Waals surface area contributed by atoms with Gasteiger partial charge in [0.15, 0.2) is 11.0 Å². The third kappa shape index (κ3) is 2.51. The molecule has 1 aliphatic rings. The number of halogens is 1. The molecule has 4 nitrogen and oxygen atoms in total. The van der Waals surface area contributed by atoms with Crippen LogP contribution < -0.4 is 10.2 Å². The summed E-state index contributed by atoms with van der Waals surface area (Å²) in [6, 6.07) is 8.43. The molecule has 0 bridgehead atoms. The lowest BCUT2D eigenvalue weighted by atomic mass is 10.1. The van der Waals surface area contributed by atoms with Crippen LogP contribution in [0.25, 0.3) is 11.0 Å². The molecule has 0 aliphatic carbocycles. The fourth-order valence-corrected chi connectivity index (χ4v) is 2.80. The zero-order valence-electron chi connectivity index (χ0n) is 10.9. The second-order valence-electron chi connectivity index (χ2n) is 4.88. The number of para-hydroxylation sites is 2. The lowest BCUT2D eigenvalue weighted by molar-refractivity contribution is 0.441. The van der Waals surface area contributed by atoms with Crippen molar-refractivity contribution in [2.24, 2.45) is 0 Å². The largest absolute Gasteiger partial charge is 0.354 e. The Labute approximate surface area is 117 Å². The van der Waals surface area contributed by atoms with E-state index in [1.54, 1.807) is 0 Å². The lowest BCUT2D eigenvalue weighted by Gasteiger charge is -2.32. The summed E-state index contributed by atoms with van der Waals surface area (Å²) in [5.74, 6) is 0.815. The van der Waals surface area contributed by atoms with Crippen LogP contribution >= 0.6 is 11.6 Å². The molecule has 0 amide bonds. The van der Waals surface area contributed by atoms with E-state index in [-0.39, 0.29) is 0 Å². The Morgan fingerprint density at radius 3 is 2.42 bits per heavy atom. The van der Waals surface area contributed by atoms with Gasteiger partial charge in [-0.2, -0.15) is 0 Å². The van der Waals surface area contributed by atoms with Gasteiger partial charge in [-0.3, -0.25) is 0 Å². The van der Waals surface area contributed by atoms with E-state index >= 15 is 0 Å². The van der Waals surface area contributed by atoms with Gasteiger partial charge >= 0.3 is 0 Å². The van der Waals surface area contributed by atoms with Crippen LogP contribution in [0.4, 0.5) is 5.82 Å². The molecule has 1 aliphatic heterocycles. The molecule has 1 saturated heterocycles. The van der Waals surface area contributed by atoms with Crippen LogP contribution in [0.15, 0.2) is 24.3 Å². The number of nitrogens with one attached hydrogen (secondary N) is 1. The van der Waals surface area contributed by atoms with E-state index in [1.807, 2.05) is 31.3 Å². The molecule has 0 radical (unpaired) electrons. The number of anilines is 1. The number of hydrogen-bond acceptors (Lipinski definition) is 4. The molecule has 1 aromatic heterocycles. The Balaban J connectivity index is 1.90. The standard InChI is InChI=1S/C14H17ClN4/c1-16-10-6-8-19(9-7-10)14-13(15)17-11-4-2-3-5-12(11)18-14/h2-5,10,16H,6-9H2,1H3. The SMILES string of the molecule is CNC1CCN(c2nc3ccccc3nc2Cl)CC1. The predicted molar refractivity (Wildman–Crippen MR) is 78.8 cm³/mol. The van der Waals surface area contributed by atoms with Gasteiger partial charge in [-0.1, -0.05) is 23.7 Å². The predicted octanol–water partition coefficient (Wildman–Crippen LogP) is 2.47. The van der Waals surface area contributed by atoms with Crippen molar-refractivity contribution in [2.75, 3.05) is 25.0 Å². The molecule has 3 rings (SSSR count). The Morgan fingerprint density at radius 1 is 1.16 bits per heavy atom. The Kier molecular flexibility index (Phi) is 3.53. The van der Waals surface area contributed by atoms with E-state index in [9.17, 15) is 0 Å². The normalized spacial score (nSPS) is 17.1. The van der Waals surface area contributed by atoms with Crippen molar-refractivity contribution in [1.29, 1.82) is 0 Å². The fourth-order valence-electron chi connectivity index (χ4n) is 2.55. The van der Waals surface area contributed by atoms with Crippen molar-refractivity contribution in [3.8, 4) is 0 Å². The van der Waals surface area contributed by atoms with Gasteiger partial charge in [0.1, 0.15) is 0 Å². The van der Waals surface area contributed by atoms with Gasteiger partial charge in [0.2, 0.25) is 0 Å². The fraction of sp³-hybridized carbons (Fsp3) is 0.429. The molecular weight excluding hydrogens is 260 g/mol. The minimum Gasteiger partial charge on any atom is -0.354 e. The van der Waals surface area contributed by atoms with Gasteiger partial charge in [0, 0.05) is 19.1 Å². The van der Waals surface area contributed by atoms with Crippen LogP contribution in [-0.2, 0) is 0 Å². The van der Waals surface area contributed by atoms with E-state index in [0.717, 1.165) is 42.8 Å². The molecule has 0 spiro atoms. The number of piperidine rings is 1. The first-order valence-corrected chi connectivity index (χ1v) is 7.00. The molecule has 2 aromatic rings. The second-order valence-corrected chi connectivity index (χ2v) is 5.23. The first-order chi connectivity index (χ1) is 9.28. The molecule has 0 saturated carbocycles. The summed E-state index contributed by atoms with van der Waals surface area (Å²) in [5.41, 5.74) is 1.75. The van der Waals surface area contributed by atoms with Crippen molar-refractivity contribution < 1.29 is 0 Å². The third-order valence-corrected chi connectivity index (χ3v) is 3.97. The van der Waals surface area contributed by atoms with E-state index in [2.05, 4.69) is 20.2 Å². The molecule has 1 aromatic carbocycles. The highest BCUT2D eigenvalue weighted by atomic mass is 35.5. The summed E-state index contributed by atoms with van der Waals surface area (Å²) in [5, 5.41) is 3.83. The summed E-state index contributed by atoms with van der Waals surface area (Å²) in [6.45, 7) is 1.94. The number of fused-ring (bicyclic) bond motifs is 1. The highest BCUT2D eigenvalue weighted by molar-refractivity contribution is 6.32. The van der Waals surface area contributed by atoms with E-state index in [0.29, 0.717) is 11.2 Å². The zero-order chi connectivity index (χ0) is 13.2. The summed E-state index contributed by atoms with van der Waals surface area (Å²) in [6.07, 6.45) is 2.22. The molecule has 2 heterocycles. The van der Waals surface area contributed by atoms with Crippen molar-refractivity contribution in [3.63, 3.8) is 0 Å². The van der Waals surface area contributed by atoms with Crippen molar-refractivity contribution in [3.05, 3.63) is 29.4 Å². The van der Waals surface area contributed by atoms with Crippen LogP contribution in [-0.4, -0.2) is 36.1 Å². The number of aromatic nitrogens is 2. The Hall–Kier alpha value is -1.39. The highest BCUT2D eigenvalue weighted by Gasteiger charge is 2.21. The molecule has 5 heteroatoms. The van der Waals surface area contributed by atoms with Crippen LogP contribution in [0.1, 0.15) is 12.8 Å². The minimum absolute atomic E-state index is 0.501. The number of nitrogens with zero attached hydrogens (tertiary/aromatic N) is 3. The maximum absolute atomic E-state index is 6.28. The topological polar surface area (TPSA) is 41.0 Å². The zero-order valence-corrected chi connectivity index (χ0v) is 11.7. The molecule has 19 heavy (non-hydrogen) atoms. The Bertz CT molecular complexity index is 579. The summed E-state index contributed by atoms with van der Waals surface area (Å²) in [7, 11) is 2.02. The van der Waals surface area contributed by atoms with Crippen LogP contribution in [0.5, 0.6) is 0 Å². The molecule has 1 N–H and O–H groups in total. The molecule has 0 atom stereocenters. The Morgan fingerprint density at radius 2 is 1.79 bits per heavy atom. The average Bonchev–Trinajstić information content (AvgIpc) is 2.47. The van der Waals surface area contributed by atoms with Crippen molar-refractivity contribution in [2.45, 2.75) is 18.9 Å². The van der Waals surface area contributed by atoms with Gasteiger partial charge in [0.05, 0.1) is 11.0 Å². The first kappa shape index (κ1) is 12.6. The smallest absolute Gasteiger partial charge is 0.172 e. The van der Waals surface area contributed by atoms with E-state index < -0.39 is 0 Å². The first-order valence-electron chi connectivity index (χ1n) is 6.62. The van der Waals surface area contributed by atoms with Gasteiger partial charge < -0.3 is 10.2 Å². The van der Waals surface area contributed by atoms with E-state index in [4.69, 9.17) is 11.6 Å². The average molecular weight is 277 g/mol. The lowest BCUT2D eigenvalue weighted by Crippen LogP contribution is -2.41. The molecule has 0 unspecified atom stereocenters.